The second-order valence-corrected chi connectivity index (χ2v) is 14.1. The smallest absolute Gasteiger partial charge is 0.407 e. The van der Waals surface area contributed by atoms with Gasteiger partial charge in [-0.05, 0) is 76.7 Å². The molecule has 3 heterocycles. The summed E-state index contributed by atoms with van der Waals surface area (Å²) in [6.07, 6.45) is 9.50. The number of methoxy groups -OCH3 is 1. The van der Waals surface area contributed by atoms with Gasteiger partial charge in [-0.15, -0.1) is 0 Å². The number of amides is 3. The van der Waals surface area contributed by atoms with E-state index in [1.54, 1.807) is 31.7 Å². The van der Waals surface area contributed by atoms with Crippen LogP contribution in [0.5, 0.6) is 0 Å². The molecule has 2 aromatic heterocycles. The van der Waals surface area contributed by atoms with Crippen LogP contribution < -0.4 is 10.6 Å². The van der Waals surface area contributed by atoms with Gasteiger partial charge in [-0.3, -0.25) is 9.59 Å². The summed E-state index contributed by atoms with van der Waals surface area (Å²) in [5, 5.41) is 6.23. The average Bonchev–Trinajstić information content (AvgIpc) is 3.67. The molecular weight excluding hydrogens is 595 g/mol. The van der Waals surface area contributed by atoms with Crippen LogP contribution in [0, 0.1) is 23.7 Å². The highest BCUT2D eigenvalue weighted by Gasteiger charge is 2.47. The first-order chi connectivity index (χ1) is 22.0. The lowest BCUT2D eigenvalue weighted by Crippen LogP contribution is -2.50. The summed E-state index contributed by atoms with van der Waals surface area (Å²) in [4.78, 5) is 58.3. The third-order valence-electron chi connectivity index (χ3n) is 9.84. The molecule has 2 aliphatic carbocycles. The van der Waals surface area contributed by atoms with Gasteiger partial charge in [0.05, 0.1) is 25.0 Å². The van der Waals surface area contributed by atoms with Crippen LogP contribution in [0.2, 0.25) is 0 Å². The van der Waals surface area contributed by atoms with Gasteiger partial charge in [0.2, 0.25) is 23.3 Å². The fraction of sp³-hybridized carbons (Fsp3) is 0.676. The molecular formula is C34H47FN4O7. The Morgan fingerprint density at radius 2 is 1.76 bits per heavy atom. The predicted molar refractivity (Wildman–Crippen MR) is 169 cm³/mol. The third-order valence-corrected chi connectivity index (χ3v) is 9.84. The number of halogens is 1. The van der Waals surface area contributed by atoms with Crippen molar-refractivity contribution < 1.29 is 37.5 Å². The summed E-state index contributed by atoms with van der Waals surface area (Å²) in [6, 6.07) is 1.94. The molecule has 0 spiro atoms. The molecule has 11 nitrogen and oxygen atoms in total. The SMILES string of the molecule is COC(=O)c1cc2cc(NC(=O)[C@@H]3[C@H](C4CCCCC4)CCN3C(=O)[C@H]3CC[C@H]([C@@H](CF)NC(=O)OC(C)(C)C)CC3)cnc2o1. The van der Waals surface area contributed by atoms with Crippen LogP contribution in [-0.4, -0.2) is 71.8 Å². The highest BCUT2D eigenvalue weighted by atomic mass is 19.1. The molecule has 2 N–H and O–H groups in total. The molecule has 2 saturated carbocycles. The quantitative estimate of drug-likeness (QED) is 0.333. The number of hydrogen-bond acceptors (Lipinski definition) is 8. The van der Waals surface area contributed by atoms with E-state index in [1.165, 1.54) is 25.8 Å². The second kappa shape index (κ2) is 14.4. The van der Waals surface area contributed by atoms with Crippen molar-refractivity contribution in [2.45, 2.75) is 103 Å². The molecule has 0 aromatic carbocycles. The standard InChI is InChI=1S/C34H47FN4O7/c1-34(2,3)46-33(43)38-26(18-35)21-10-12-22(13-11-21)31(41)39-15-14-25(20-8-6-5-7-9-20)28(39)29(40)37-24-16-23-17-27(32(42)44-4)45-30(23)36-19-24/h16-17,19-22,25-26,28H,5-15,18H2,1-4H3,(H,37,40)(H,38,43)/t21-,22-,25-,26+,28-/m0/s1. The number of hydrogen-bond donors (Lipinski definition) is 2. The van der Waals surface area contributed by atoms with Crippen molar-refractivity contribution in [3.8, 4) is 0 Å². The fourth-order valence-corrected chi connectivity index (χ4v) is 7.62. The predicted octanol–water partition coefficient (Wildman–Crippen LogP) is 6.02. The molecule has 3 amide bonds. The van der Waals surface area contributed by atoms with Gasteiger partial charge in [-0.2, -0.15) is 0 Å². The van der Waals surface area contributed by atoms with Crippen molar-refractivity contribution in [2.24, 2.45) is 23.7 Å². The van der Waals surface area contributed by atoms with E-state index >= 15 is 0 Å². The molecule has 0 radical (unpaired) electrons. The van der Waals surface area contributed by atoms with Crippen LogP contribution in [0.4, 0.5) is 14.9 Å². The number of alkyl carbamates (subject to hydrolysis) is 1. The van der Waals surface area contributed by atoms with Crippen LogP contribution in [-0.2, 0) is 19.1 Å². The van der Waals surface area contributed by atoms with Gasteiger partial charge in [-0.25, -0.2) is 19.0 Å². The number of fused-ring (bicyclic) bond motifs is 1. The number of nitrogens with one attached hydrogen (secondary N) is 2. The molecule has 0 bridgehead atoms. The summed E-state index contributed by atoms with van der Waals surface area (Å²) >= 11 is 0. The highest BCUT2D eigenvalue weighted by molar-refractivity contribution is 5.99. The van der Waals surface area contributed by atoms with Crippen molar-refractivity contribution >= 4 is 40.7 Å². The Morgan fingerprint density at radius 3 is 2.41 bits per heavy atom. The number of alkyl halides is 1. The zero-order valence-electron chi connectivity index (χ0n) is 27.3. The van der Waals surface area contributed by atoms with Crippen molar-refractivity contribution in [3.05, 3.63) is 24.1 Å². The minimum Gasteiger partial charge on any atom is -0.463 e. The van der Waals surface area contributed by atoms with E-state index in [4.69, 9.17) is 13.9 Å². The molecule has 2 aromatic rings. The maximum Gasteiger partial charge on any atom is 0.407 e. The van der Waals surface area contributed by atoms with Gasteiger partial charge in [0.1, 0.15) is 18.3 Å². The number of furan rings is 1. The minimum absolute atomic E-state index is 0.0200. The lowest BCUT2D eigenvalue weighted by atomic mass is 9.76. The topological polar surface area (TPSA) is 140 Å². The Hall–Kier alpha value is -3.70. The Kier molecular flexibility index (Phi) is 10.5. The first kappa shape index (κ1) is 33.7. The molecule has 0 unspecified atom stereocenters. The molecule has 3 aliphatic rings. The van der Waals surface area contributed by atoms with E-state index in [0.29, 0.717) is 49.2 Å². The maximum absolute atomic E-state index is 14.1. The molecule has 46 heavy (non-hydrogen) atoms. The van der Waals surface area contributed by atoms with E-state index in [9.17, 15) is 23.6 Å². The van der Waals surface area contributed by atoms with Gasteiger partial charge in [0.25, 0.3) is 0 Å². The summed E-state index contributed by atoms with van der Waals surface area (Å²) in [5.74, 6) is -0.796. The van der Waals surface area contributed by atoms with Crippen LogP contribution in [0.15, 0.2) is 22.7 Å². The molecule has 252 valence electrons. The van der Waals surface area contributed by atoms with Gasteiger partial charge in [-0.1, -0.05) is 32.1 Å². The van der Waals surface area contributed by atoms with Gasteiger partial charge in [0.15, 0.2) is 0 Å². The van der Waals surface area contributed by atoms with E-state index < -0.39 is 36.4 Å². The van der Waals surface area contributed by atoms with Crippen LogP contribution in [0.25, 0.3) is 11.1 Å². The molecule has 12 heteroatoms. The van der Waals surface area contributed by atoms with E-state index in [-0.39, 0.29) is 41.0 Å². The van der Waals surface area contributed by atoms with E-state index in [0.717, 1.165) is 32.1 Å². The third kappa shape index (κ3) is 7.81. The Morgan fingerprint density at radius 1 is 1.04 bits per heavy atom. The first-order valence-corrected chi connectivity index (χ1v) is 16.6. The monoisotopic (exact) mass is 642 g/mol. The number of pyridine rings is 1. The lowest BCUT2D eigenvalue weighted by molar-refractivity contribution is -0.142. The number of carbonyl (C=O) groups excluding carboxylic acids is 4. The van der Waals surface area contributed by atoms with Crippen molar-refractivity contribution in [3.63, 3.8) is 0 Å². The molecule has 3 fully saturated rings. The zero-order valence-corrected chi connectivity index (χ0v) is 27.3. The summed E-state index contributed by atoms with van der Waals surface area (Å²) < 4.78 is 29.5. The summed E-state index contributed by atoms with van der Waals surface area (Å²) in [7, 11) is 1.27. The number of rotatable bonds is 8. The van der Waals surface area contributed by atoms with Crippen molar-refractivity contribution in [1.82, 2.24) is 15.2 Å². The number of nitrogens with zero attached hydrogens (tertiary/aromatic N) is 2. The van der Waals surface area contributed by atoms with Crippen LogP contribution in [0.3, 0.4) is 0 Å². The Bertz CT molecular complexity index is 1410. The average molecular weight is 643 g/mol. The van der Waals surface area contributed by atoms with Crippen LogP contribution in [0.1, 0.15) is 95.5 Å². The molecule has 3 atom stereocenters. The number of aromatic nitrogens is 1. The molecule has 1 saturated heterocycles. The number of esters is 1. The van der Waals surface area contributed by atoms with E-state index in [1.807, 2.05) is 0 Å². The van der Waals surface area contributed by atoms with Gasteiger partial charge in [0, 0.05) is 23.9 Å². The number of ether oxygens (including phenoxy) is 2. The maximum atomic E-state index is 14.1. The number of likely N-dealkylation sites (tertiary alicyclic amines) is 1. The van der Waals surface area contributed by atoms with E-state index in [2.05, 4.69) is 15.6 Å². The van der Waals surface area contributed by atoms with Gasteiger partial charge < -0.3 is 29.4 Å². The lowest BCUT2D eigenvalue weighted by Gasteiger charge is -2.37. The summed E-state index contributed by atoms with van der Waals surface area (Å²) in [5.41, 5.74) is 0.0225. The summed E-state index contributed by atoms with van der Waals surface area (Å²) in [6.45, 7) is 5.09. The van der Waals surface area contributed by atoms with Crippen LogP contribution >= 0.6 is 0 Å². The van der Waals surface area contributed by atoms with Gasteiger partial charge >= 0.3 is 12.1 Å². The zero-order chi connectivity index (χ0) is 33.0. The molecule has 1 aliphatic heterocycles. The largest absolute Gasteiger partial charge is 0.463 e. The Labute approximate surface area is 269 Å². The Balaban J connectivity index is 1.27. The second-order valence-electron chi connectivity index (χ2n) is 14.1. The number of carbonyl (C=O) groups is 4. The van der Waals surface area contributed by atoms with Crippen molar-refractivity contribution in [1.29, 1.82) is 0 Å². The first-order valence-electron chi connectivity index (χ1n) is 16.6. The van der Waals surface area contributed by atoms with Crippen molar-refractivity contribution in [2.75, 3.05) is 25.6 Å². The number of anilines is 1. The highest BCUT2D eigenvalue weighted by Crippen LogP contribution is 2.41. The normalized spacial score (nSPS) is 24.8. The minimum atomic E-state index is -0.705. The fourth-order valence-electron chi connectivity index (χ4n) is 7.62. The molecule has 5 rings (SSSR count).